The monoisotopic (exact) mass is 450 g/mol. The Morgan fingerprint density at radius 3 is 2.36 bits per heavy atom. The van der Waals surface area contributed by atoms with Crippen molar-refractivity contribution in [3.05, 3.63) is 69.3 Å². The zero-order valence-corrected chi connectivity index (χ0v) is 18.8. The molecule has 8 heteroatoms. The molecule has 33 heavy (non-hydrogen) atoms. The summed E-state index contributed by atoms with van der Waals surface area (Å²) in [6, 6.07) is 9.54. The van der Waals surface area contributed by atoms with E-state index >= 15 is 0 Å². The second kappa shape index (κ2) is 8.77. The van der Waals surface area contributed by atoms with Crippen LogP contribution in [0.15, 0.2) is 42.5 Å². The fraction of sp³-hybridized carbons (Fsp3) is 0.400. The highest BCUT2D eigenvalue weighted by molar-refractivity contribution is 6.34. The summed E-state index contributed by atoms with van der Waals surface area (Å²) in [6.07, 6.45) is 2.76. The SMILES string of the molecule is CC1CCC(C(C)C)C(OC(=O)c2ccc3c(c2)C(=O)N(c2ccc([N+](=O)[O-])cc2)C3=O)C1. The van der Waals surface area contributed by atoms with Gasteiger partial charge in [0.1, 0.15) is 6.10 Å². The van der Waals surface area contributed by atoms with Crippen LogP contribution in [0.5, 0.6) is 0 Å². The molecule has 3 atom stereocenters. The molecule has 1 heterocycles. The molecule has 4 rings (SSSR count). The number of hydrogen-bond donors (Lipinski definition) is 0. The lowest BCUT2D eigenvalue weighted by Gasteiger charge is -2.36. The van der Waals surface area contributed by atoms with Gasteiger partial charge in [-0.15, -0.1) is 0 Å². The van der Waals surface area contributed by atoms with Gasteiger partial charge in [0, 0.05) is 12.1 Å². The van der Waals surface area contributed by atoms with E-state index in [0.717, 1.165) is 24.2 Å². The lowest BCUT2D eigenvalue weighted by atomic mass is 9.75. The van der Waals surface area contributed by atoms with E-state index in [9.17, 15) is 24.5 Å². The maximum Gasteiger partial charge on any atom is 0.338 e. The molecule has 2 aromatic carbocycles. The van der Waals surface area contributed by atoms with Crippen LogP contribution in [0.25, 0.3) is 0 Å². The molecule has 0 radical (unpaired) electrons. The Morgan fingerprint density at radius 2 is 1.73 bits per heavy atom. The number of nitro benzene ring substituents is 1. The molecule has 1 aliphatic heterocycles. The number of amides is 2. The highest BCUT2D eigenvalue weighted by atomic mass is 16.6. The van der Waals surface area contributed by atoms with Crippen molar-refractivity contribution in [2.75, 3.05) is 4.90 Å². The fourth-order valence-electron chi connectivity index (χ4n) is 4.78. The number of fused-ring (bicyclic) bond motifs is 1. The number of esters is 1. The molecule has 1 aliphatic carbocycles. The van der Waals surface area contributed by atoms with Gasteiger partial charge in [0.15, 0.2) is 0 Å². The number of non-ortho nitro benzene ring substituents is 1. The molecule has 3 unspecified atom stereocenters. The first-order chi connectivity index (χ1) is 15.7. The lowest BCUT2D eigenvalue weighted by Crippen LogP contribution is -2.35. The quantitative estimate of drug-likeness (QED) is 0.274. The third-order valence-electron chi connectivity index (χ3n) is 6.66. The van der Waals surface area contributed by atoms with Gasteiger partial charge in [0.05, 0.1) is 27.3 Å². The van der Waals surface area contributed by atoms with Crippen molar-refractivity contribution in [2.45, 2.75) is 46.1 Å². The molecule has 172 valence electrons. The Hall–Kier alpha value is -3.55. The largest absolute Gasteiger partial charge is 0.458 e. The predicted molar refractivity (Wildman–Crippen MR) is 121 cm³/mol. The molecule has 2 amide bonds. The Kier molecular flexibility index (Phi) is 6.01. The average Bonchev–Trinajstić information content (AvgIpc) is 3.03. The predicted octanol–water partition coefficient (Wildman–Crippen LogP) is 5.01. The average molecular weight is 450 g/mol. The first-order valence-corrected chi connectivity index (χ1v) is 11.2. The van der Waals surface area contributed by atoms with Crippen LogP contribution in [-0.4, -0.2) is 28.8 Å². The summed E-state index contributed by atoms with van der Waals surface area (Å²) < 4.78 is 5.88. The van der Waals surface area contributed by atoms with Crippen molar-refractivity contribution in [1.82, 2.24) is 0 Å². The van der Waals surface area contributed by atoms with Gasteiger partial charge in [-0.25, -0.2) is 9.69 Å². The molecule has 1 fully saturated rings. The second-order valence-corrected chi connectivity index (χ2v) is 9.25. The third kappa shape index (κ3) is 4.25. The van der Waals surface area contributed by atoms with Crippen molar-refractivity contribution in [2.24, 2.45) is 17.8 Å². The minimum Gasteiger partial charge on any atom is -0.458 e. The molecule has 0 saturated heterocycles. The number of carbonyl (C=O) groups is 3. The van der Waals surface area contributed by atoms with Crippen molar-refractivity contribution in [3.63, 3.8) is 0 Å². The lowest BCUT2D eigenvalue weighted by molar-refractivity contribution is -0.384. The number of imide groups is 1. The van der Waals surface area contributed by atoms with Gasteiger partial charge in [0.25, 0.3) is 17.5 Å². The van der Waals surface area contributed by atoms with Crippen LogP contribution in [0, 0.1) is 27.9 Å². The van der Waals surface area contributed by atoms with Gasteiger partial charge >= 0.3 is 5.97 Å². The van der Waals surface area contributed by atoms with E-state index in [4.69, 9.17) is 4.74 Å². The minimum atomic E-state index is -0.579. The van der Waals surface area contributed by atoms with Gasteiger partial charge in [-0.1, -0.05) is 27.2 Å². The molecular formula is C25H26N2O6. The molecule has 0 spiro atoms. The number of rotatable bonds is 5. The first-order valence-electron chi connectivity index (χ1n) is 11.2. The zero-order chi connectivity index (χ0) is 23.9. The minimum absolute atomic E-state index is 0.116. The molecule has 8 nitrogen and oxygen atoms in total. The van der Waals surface area contributed by atoms with Crippen molar-refractivity contribution >= 4 is 29.2 Å². The summed E-state index contributed by atoms with van der Waals surface area (Å²) >= 11 is 0. The van der Waals surface area contributed by atoms with Crippen LogP contribution in [0.3, 0.4) is 0 Å². The summed E-state index contributed by atoms with van der Waals surface area (Å²) in [5.41, 5.74) is 0.608. The summed E-state index contributed by atoms with van der Waals surface area (Å²) in [4.78, 5) is 50.0. The summed E-state index contributed by atoms with van der Waals surface area (Å²) in [5, 5.41) is 10.9. The van der Waals surface area contributed by atoms with Gasteiger partial charge < -0.3 is 4.74 Å². The van der Waals surface area contributed by atoms with E-state index in [-0.39, 0.29) is 34.2 Å². The Morgan fingerprint density at radius 1 is 1.06 bits per heavy atom. The molecule has 0 N–H and O–H groups in total. The smallest absolute Gasteiger partial charge is 0.338 e. The summed E-state index contributed by atoms with van der Waals surface area (Å²) in [5.74, 6) is -0.455. The van der Waals surface area contributed by atoms with Crippen LogP contribution < -0.4 is 4.90 Å². The van der Waals surface area contributed by atoms with Crippen molar-refractivity contribution in [1.29, 1.82) is 0 Å². The maximum absolute atomic E-state index is 13.0. The van der Waals surface area contributed by atoms with Gasteiger partial charge in [-0.3, -0.25) is 19.7 Å². The molecule has 2 aromatic rings. The number of anilines is 1. The van der Waals surface area contributed by atoms with Crippen LogP contribution >= 0.6 is 0 Å². The third-order valence-corrected chi connectivity index (χ3v) is 6.66. The summed E-state index contributed by atoms with van der Waals surface area (Å²) in [7, 11) is 0. The van der Waals surface area contributed by atoms with E-state index in [2.05, 4.69) is 20.8 Å². The summed E-state index contributed by atoms with van der Waals surface area (Å²) in [6.45, 7) is 6.42. The van der Waals surface area contributed by atoms with Gasteiger partial charge in [-0.05, 0) is 60.9 Å². The van der Waals surface area contributed by atoms with Gasteiger partial charge in [-0.2, -0.15) is 0 Å². The Labute approximate surface area is 191 Å². The first kappa shape index (κ1) is 22.6. The topological polar surface area (TPSA) is 107 Å². The Bertz CT molecular complexity index is 1120. The number of ether oxygens (including phenoxy) is 1. The highest BCUT2D eigenvalue weighted by Crippen LogP contribution is 2.36. The highest BCUT2D eigenvalue weighted by Gasteiger charge is 2.38. The van der Waals surface area contributed by atoms with E-state index in [1.54, 1.807) is 0 Å². The number of hydrogen-bond acceptors (Lipinski definition) is 6. The van der Waals surface area contributed by atoms with E-state index < -0.39 is 22.7 Å². The number of nitrogens with zero attached hydrogens (tertiary/aromatic N) is 2. The van der Waals surface area contributed by atoms with Crippen LogP contribution in [0.1, 0.15) is 71.1 Å². The number of carbonyl (C=O) groups excluding carboxylic acids is 3. The second-order valence-electron chi connectivity index (χ2n) is 9.25. The Balaban J connectivity index is 1.56. The zero-order valence-electron chi connectivity index (χ0n) is 18.8. The maximum atomic E-state index is 13.0. The van der Waals surface area contributed by atoms with Crippen LogP contribution in [0.4, 0.5) is 11.4 Å². The van der Waals surface area contributed by atoms with E-state index in [1.165, 1.54) is 42.5 Å². The number of nitro groups is 1. The normalized spacial score (nSPS) is 22.4. The van der Waals surface area contributed by atoms with Crippen molar-refractivity contribution < 1.29 is 24.0 Å². The molecule has 1 saturated carbocycles. The number of benzene rings is 2. The molecule has 2 aliphatic rings. The van der Waals surface area contributed by atoms with Gasteiger partial charge in [0.2, 0.25) is 0 Å². The molecule has 0 bridgehead atoms. The van der Waals surface area contributed by atoms with Crippen molar-refractivity contribution in [3.8, 4) is 0 Å². The molecular weight excluding hydrogens is 424 g/mol. The van der Waals surface area contributed by atoms with E-state index in [1.807, 2.05) is 0 Å². The standard InChI is InChI=1S/C25H26N2O6/c1-14(2)19-10-4-15(3)12-22(19)33-25(30)16-5-11-20-21(13-16)24(29)26(23(20)28)17-6-8-18(9-7-17)27(31)32/h5-9,11,13-15,19,22H,4,10,12H2,1-3H3. The molecule has 0 aromatic heterocycles. The fourth-order valence-corrected chi connectivity index (χ4v) is 4.78. The van der Waals surface area contributed by atoms with Crippen LogP contribution in [-0.2, 0) is 4.74 Å². The van der Waals surface area contributed by atoms with E-state index in [0.29, 0.717) is 17.8 Å². The van der Waals surface area contributed by atoms with Crippen LogP contribution in [0.2, 0.25) is 0 Å².